The molecule has 2 aliphatic rings. The molecule has 0 aliphatic carbocycles. The normalized spacial score (nSPS) is 16.9. The van der Waals surface area contributed by atoms with Crippen molar-refractivity contribution in [3.8, 4) is 17.0 Å². The lowest BCUT2D eigenvalue weighted by molar-refractivity contribution is -0.00175. The van der Waals surface area contributed by atoms with Crippen LogP contribution in [0.1, 0.15) is 34.3 Å². The van der Waals surface area contributed by atoms with Crippen LogP contribution < -0.4 is 4.74 Å². The summed E-state index contributed by atoms with van der Waals surface area (Å²) in [5.74, 6) is 0.375. The summed E-state index contributed by atoms with van der Waals surface area (Å²) >= 11 is 0. The lowest BCUT2D eigenvalue weighted by Crippen LogP contribution is -2.49. The molecule has 0 unspecified atom stereocenters. The fourth-order valence-electron chi connectivity index (χ4n) is 4.56. The molecule has 1 fully saturated rings. The van der Waals surface area contributed by atoms with Crippen LogP contribution in [-0.4, -0.2) is 33.7 Å². The Morgan fingerprint density at radius 3 is 2.69 bits per heavy atom. The maximum absolute atomic E-state index is 13.9. The first-order valence-corrected chi connectivity index (χ1v) is 9.85. The first-order chi connectivity index (χ1) is 14.0. The van der Waals surface area contributed by atoms with Gasteiger partial charge in [0.2, 0.25) is 0 Å². The molecule has 2 aromatic carbocycles. The van der Waals surface area contributed by atoms with E-state index < -0.39 is 5.60 Å². The molecule has 3 aromatic rings. The van der Waals surface area contributed by atoms with Crippen LogP contribution >= 0.6 is 0 Å². The van der Waals surface area contributed by atoms with E-state index in [1.807, 2.05) is 42.2 Å². The number of benzene rings is 2. The molecule has 0 atom stereocenters. The van der Waals surface area contributed by atoms with Crippen molar-refractivity contribution in [2.45, 2.75) is 25.4 Å². The van der Waals surface area contributed by atoms with E-state index in [1.54, 1.807) is 24.0 Å². The van der Waals surface area contributed by atoms with Crippen molar-refractivity contribution in [3.05, 3.63) is 71.2 Å². The molecule has 1 saturated heterocycles. The molecule has 1 aromatic heterocycles. The van der Waals surface area contributed by atoms with Gasteiger partial charge >= 0.3 is 0 Å². The van der Waals surface area contributed by atoms with E-state index in [0.717, 1.165) is 22.6 Å². The molecule has 5 nitrogen and oxygen atoms in total. The average Bonchev–Trinajstić information content (AvgIpc) is 3.13. The van der Waals surface area contributed by atoms with E-state index >= 15 is 0 Å². The minimum atomic E-state index is -0.494. The topological polar surface area (TPSA) is 47.4 Å². The Morgan fingerprint density at radius 2 is 1.90 bits per heavy atom. The van der Waals surface area contributed by atoms with Gasteiger partial charge in [0, 0.05) is 49.7 Å². The third-order valence-electron chi connectivity index (χ3n) is 6.23. The molecule has 0 saturated carbocycles. The fourth-order valence-corrected chi connectivity index (χ4v) is 4.56. The number of nitrogens with zero attached hydrogens (tertiary/aromatic N) is 3. The van der Waals surface area contributed by atoms with Crippen LogP contribution in [0.4, 0.5) is 4.39 Å². The number of carbonyl (C=O) groups is 1. The van der Waals surface area contributed by atoms with Gasteiger partial charge in [-0.3, -0.25) is 9.48 Å². The minimum Gasteiger partial charge on any atom is -0.482 e. The number of rotatable bonds is 1. The van der Waals surface area contributed by atoms with Gasteiger partial charge in [0.1, 0.15) is 17.2 Å². The predicted octanol–water partition coefficient (Wildman–Crippen LogP) is 4.06. The maximum atomic E-state index is 13.9. The van der Waals surface area contributed by atoms with Crippen molar-refractivity contribution in [2.24, 2.45) is 7.05 Å². The second-order valence-corrected chi connectivity index (χ2v) is 7.83. The highest BCUT2D eigenvalue weighted by Gasteiger charge is 2.45. The molecule has 1 amide bonds. The van der Waals surface area contributed by atoms with Crippen molar-refractivity contribution in [1.82, 2.24) is 14.7 Å². The molecule has 6 heteroatoms. The Hall–Kier alpha value is -3.15. The number of piperidine rings is 1. The predicted molar refractivity (Wildman–Crippen MR) is 107 cm³/mol. The van der Waals surface area contributed by atoms with Gasteiger partial charge in [0.15, 0.2) is 0 Å². The zero-order chi connectivity index (χ0) is 20.2. The van der Waals surface area contributed by atoms with Gasteiger partial charge in [0.05, 0.1) is 11.9 Å². The summed E-state index contributed by atoms with van der Waals surface area (Å²) in [6.45, 7) is 2.74. The Kier molecular flexibility index (Phi) is 3.98. The zero-order valence-electron chi connectivity index (χ0n) is 16.5. The van der Waals surface area contributed by atoms with Gasteiger partial charge in [-0.15, -0.1) is 0 Å². The molecule has 148 valence electrons. The number of hydrogen-bond acceptors (Lipinski definition) is 3. The number of fused-ring (bicyclic) bond motifs is 4. The van der Waals surface area contributed by atoms with Crippen molar-refractivity contribution in [2.75, 3.05) is 13.1 Å². The van der Waals surface area contributed by atoms with Crippen molar-refractivity contribution in [1.29, 1.82) is 0 Å². The number of aryl methyl sites for hydroxylation is 1. The maximum Gasteiger partial charge on any atom is 0.254 e. The highest BCUT2D eigenvalue weighted by molar-refractivity contribution is 5.95. The van der Waals surface area contributed by atoms with Gasteiger partial charge in [-0.05, 0) is 36.8 Å². The van der Waals surface area contributed by atoms with Crippen LogP contribution in [0, 0.1) is 12.7 Å². The number of carbonyl (C=O) groups excluding carboxylic acids is 1. The minimum absolute atomic E-state index is 0.125. The molecule has 2 aliphatic heterocycles. The van der Waals surface area contributed by atoms with Crippen LogP contribution in [-0.2, 0) is 12.6 Å². The third-order valence-corrected chi connectivity index (χ3v) is 6.23. The number of likely N-dealkylation sites (tertiary alicyclic amines) is 1. The number of amides is 1. The molecule has 3 heterocycles. The molecule has 0 radical (unpaired) electrons. The van der Waals surface area contributed by atoms with Crippen LogP contribution in [0.2, 0.25) is 0 Å². The van der Waals surface area contributed by atoms with Gasteiger partial charge in [-0.2, -0.15) is 5.10 Å². The largest absolute Gasteiger partial charge is 0.482 e. The van der Waals surface area contributed by atoms with Crippen molar-refractivity contribution < 1.29 is 13.9 Å². The summed E-state index contributed by atoms with van der Waals surface area (Å²) in [7, 11) is 1.94. The standard InChI is InChI=1S/C23H22FN3O2/c1-15-16(7-5-8-19(15)24)22(28)27-12-10-23(11-13-27)18-14-25-26(2)21(18)17-6-3-4-9-20(17)29-23/h3-9,14H,10-13H2,1-2H3. The number of halogens is 1. The summed E-state index contributed by atoms with van der Waals surface area (Å²) in [5, 5.41) is 4.48. The van der Waals surface area contributed by atoms with Crippen molar-refractivity contribution in [3.63, 3.8) is 0 Å². The smallest absolute Gasteiger partial charge is 0.254 e. The lowest BCUT2D eigenvalue weighted by atomic mass is 9.81. The SMILES string of the molecule is Cc1c(F)cccc1C(=O)N1CCC2(CC1)Oc1ccccc1-c1c2cnn1C. The number of hydrogen-bond donors (Lipinski definition) is 0. The van der Waals surface area contributed by atoms with E-state index in [-0.39, 0.29) is 11.7 Å². The van der Waals surface area contributed by atoms with E-state index in [9.17, 15) is 9.18 Å². The molecular formula is C23H22FN3O2. The zero-order valence-corrected chi connectivity index (χ0v) is 16.5. The molecule has 5 rings (SSSR count). The van der Waals surface area contributed by atoms with Gasteiger partial charge < -0.3 is 9.64 Å². The first kappa shape index (κ1) is 17.9. The van der Waals surface area contributed by atoms with Gasteiger partial charge in [-0.1, -0.05) is 18.2 Å². The van der Waals surface area contributed by atoms with Gasteiger partial charge in [0.25, 0.3) is 5.91 Å². The summed E-state index contributed by atoms with van der Waals surface area (Å²) in [5.41, 5.74) is 3.53. The fraction of sp³-hybridized carbons (Fsp3) is 0.304. The monoisotopic (exact) mass is 391 g/mol. The Labute approximate surface area is 168 Å². The van der Waals surface area contributed by atoms with Crippen LogP contribution in [0.3, 0.4) is 0 Å². The van der Waals surface area contributed by atoms with E-state index in [2.05, 4.69) is 5.10 Å². The molecule has 29 heavy (non-hydrogen) atoms. The van der Waals surface area contributed by atoms with Crippen molar-refractivity contribution >= 4 is 5.91 Å². The Morgan fingerprint density at radius 1 is 1.14 bits per heavy atom. The lowest BCUT2D eigenvalue weighted by Gasteiger charge is -2.44. The highest BCUT2D eigenvalue weighted by Crippen LogP contribution is 2.49. The first-order valence-electron chi connectivity index (χ1n) is 9.85. The molecule has 0 N–H and O–H groups in total. The molecule has 0 bridgehead atoms. The second-order valence-electron chi connectivity index (χ2n) is 7.83. The number of aromatic nitrogens is 2. The summed E-state index contributed by atoms with van der Waals surface area (Å²) in [6, 6.07) is 12.7. The van der Waals surface area contributed by atoms with E-state index in [4.69, 9.17) is 4.74 Å². The Bertz CT molecular complexity index is 1110. The third kappa shape index (κ3) is 2.66. The quantitative estimate of drug-likeness (QED) is 0.629. The van der Waals surface area contributed by atoms with Crippen LogP contribution in [0.5, 0.6) is 5.75 Å². The highest BCUT2D eigenvalue weighted by atomic mass is 19.1. The Balaban J connectivity index is 1.44. The molecule has 1 spiro atoms. The summed E-state index contributed by atoms with van der Waals surface area (Å²) in [4.78, 5) is 14.8. The number of ether oxygens (including phenoxy) is 1. The summed E-state index contributed by atoms with van der Waals surface area (Å²) in [6.07, 6.45) is 3.22. The number of para-hydroxylation sites is 1. The van der Waals surface area contributed by atoms with E-state index in [0.29, 0.717) is 37.1 Å². The van der Waals surface area contributed by atoms with Crippen LogP contribution in [0.25, 0.3) is 11.3 Å². The van der Waals surface area contributed by atoms with E-state index in [1.165, 1.54) is 6.07 Å². The van der Waals surface area contributed by atoms with Crippen LogP contribution in [0.15, 0.2) is 48.7 Å². The average molecular weight is 391 g/mol. The van der Waals surface area contributed by atoms with Gasteiger partial charge in [-0.25, -0.2) is 4.39 Å². The molecular weight excluding hydrogens is 369 g/mol. The summed E-state index contributed by atoms with van der Waals surface area (Å²) < 4.78 is 22.3. The second kappa shape index (κ2) is 6.44.